The summed E-state index contributed by atoms with van der Waals surface area (Å²) in [5, 5.41) is 0. The molecule has 0 aromatic heterocycles. The van der Waals surface area contributed by atoms with Crippen LogP contribution in [0.4, 0.5) is 8.78 Å². The number of nitrogens with zero attached hydrogens (tertiary/aromatic N) is 1. The number of hydrogen-bond donors (Lipinski definition) is 0. The minimum absolute atomic E-state index is 0.127. The molecule has 0 atom stereocenters. The first-order chi connectivity index (χ1) is 10.5. The zero-order valence-corrected chi connectivity index (χ0v) is 14.3. The first kappa shape index (κ1) is 18.0. The fraction of sp³-hybridized carbons (Fsp3) is 0.562. The van der Waals surface area contributed by atoms with E-state index in [2.05, 4.69) is 0 Å². The zero-order chi connectivity index (χ0) is 17.4. The number of sulfonamides is 1. The molecule has 0 saturated carbocycles. The lowest BCUT2D eigenvalue weighted by molar-refractivity contribution is -0.131. The summed E-state index contributed by atoms with van der Waals surface area (Å²) in [6.07, 6.45) is 0.887. The van der Waals surface area contributed by atoms with E-state index < -0.39 is 27.1 Å². The number of rotatable bonds is 3. The molecule has 1 heterocycles. The van der Waals surface area contributed by atoms with Crippen molar-refractivity contribution in [2.75, 3.05) is 13.1 Å². The summed E-state index contributed by atoms with van der Waals surface area (Å²) in [7, 11) is -3.87. The lowest BCUT2D eigenvalue weighted by Crippen LogP contribution is -2.42. The monoisotopic (exact) mass is 345 g/mol. The molecule has 1 aromatic carbocycles. The average Bonchev–Trinajstić information content (AvgIpc) is 2.48. The van der Waals surface area contributed by atoms with Crippen molar-refractivity contribution in [3.8, 4) is 0 Å². The Hall–Kier alpha value is -1.34. The smallest absolute Gasteiger partial charge is 0.243 e. The largest absolute Gasteiger partial charge is 0.299 e. The Labute approximate surface area is 135 Å². The predicted octanol–water partition coefficient (Wildman–Crippen LogP) is 2.98. The Morgan fingerprint density at radius 2 is 1.70 bits per heavy atom. The van der Waals surface area contributed by atoms with E-state index in [9.17, 15) is 22.0 Å². The molecule has 1 aromatic rings. The van der Waals surface area contributed by atoms with Gasteiger partial charge in [0.25, 0.3) is 0 Å². The van der Waals surface area contributed by atoms with Crippen LogP contribution in [-0.2, 0) is 14.8 Å². The summed E-state index contributed by atoms with van der Waals surface area (Å²) < 4.78 is 52.4. The number of Topliss-reactive ketones (excluding diaryl/α,β-unsaturated/α-hetero) is 1. The van der Waals surface area contributed by atoms with E-state index in [1.54, 1.807) is 0 Å². The summed E-state index contributed by atoms with van der Waals surface area (Å²) in [5.41, 5.74) is -0.453. The second-order valence-corrected chi connectivity index (χ2v) is 8.81. The predicted molar refractivity (Wildman–Crippen MR) is 82.3 cm³/mol. The molecule has 0 amide bonds. The van der Waals surface area contributed by atoms with Crippen molar-refractivity contribution < 1.29 is 22.0 Å². The maximum atomic E-state index is 13.3. The molecule has 0 bridgehead atoms. The van der Waals surface area contributed by atoms with Crippen molar-refractivity contribution in [1.29, 1.82) is 0 Å². The number of carbonyl (C=O) groups excluding carboxylic acids is 1. The third kappa shape index (κ3) is 3.77. The molecule has 128 valence electrons. The number of carbonyl (C=O) groups is 1. The third-order valence-corrected chi connectivity index (χ3v) is 5.99. The quantitative estimate of drug-likeness (QED) is 0.846. The molecule has 1 fully saturated rings. The van der Waals surface area contributed by atoms with Gasteiger partial charge in [-0.25, -0.2) is 17.2 Å². The fourth-order valence-corrected chi connectivity index (χ4v) is 4.24. The van der Waals surface area contributed by atoms with Crippen LogP contribution in [0.15, 0.2) is 23.1 Å². The fourth-order valence-electron chi connectivity index (χ4n) is 2.76. The standard InChI is InChI=1S/C16H21F2NO3S/c1-16(2,3)15(20)11-6-8-19(9-7-11)23(21,22)12-4-5-13(17)14(18)10-12/h4-5,10-11H,6-9H2,1-3H3. The summed E-state index contributed by atoms with van der Waals surface area (Å²) in [6, 6.07) is 2.55. The molecule has 0 unspecified atom stereocenters. The Kier molecular flexibility index (Phi) is 4.92. The van der Waals surface area contributed by atoms with Crippen molar-refractivity contribution in [3.63, 3.8) is 0 Å². The van der Waals surface area contributed by atoms with Gasteiger partial charge < -0.3 is 0 Å². The second kappa shape index (κ2) is 6.28. The van der Waals surface area contributed by atoms with E-state index >= 15 is 0 Å². The van der Waals surface area contributed by atoms with Crippen LogP contribution in [0.1, 0.15) is 33.6 Å². The number of benzene rings is 1. The normalized spacial score (nSPS) is 18.1. The number of hydrogen-bond acceptors (Lipinski definition) is 3. The van der Waals surface area contributed by atoms with E-state index in [0.29, 0.717) is 18.9 Å². The molecular formula is C16H21F2NO3S. The van der Waals surface area contributed by atoms with E-state index in [1.807, 2.05) is 20.8 Å². The number of piperidine rings is 1. The highest BCUT2D eigenvalue weighted by Gasteiger charge is 2.35. The van der Waals surface area contributed by atoms with Crippen LogP contribution in [-0.4, -0.2) is 31.6 Å². The summed E-state index contributed by atoms with van der Waals surface area (Å²) in [4.78, 5) is 12.0. The van der Waals surface area contributed by atoms with Crippen LogP contribution in [0, 0.1) is 23.0 Å². The molecule has 4 nitrogen and oxygen atoms in total. The maximum absolute atomic E-state index is 13.3. The zero-order valence-electron chi connectivity index (χ0n) is 13.5. The van der Waals surface area contributed by atoms with Gasteiger partial charge in [0, 0.05) is 24.4 Å². The van der Waals surface area contributed by atoms with Crippen LogP contribution in [0.2, 0.25) is 0 Å². The Morgan fingerprint density at radius 3 is 2.17 bits per heavy atom. The van der Waals surface area contributed by atoms with Crippen molar-refractivity contribution in [2.24, 2.45) is 11.3 Å². The van der Waals surface area contributed by atoms with E-state index in [-0.39, 0.29) is 29.7 Å². The summed E-state index contributed by atoms with van der Waals surface area (Å²) >= 11 is 0. The molecule has 0 radical (unpaired) electrons. The van der Waals surface area contributed by atoms with E-state index in [0.717, 1.165) is 12.1 Å². The topological polar surface area (TPSA) is 54.5 Å². The van der Waals surface area contributed by atoms with Gasteiger partial charge in [0.15, 0.2) is 11.6 Å². The Morgan fingerprint density at radius 1 is 1.13 bits per heavy atom. The maximum Gasteiger partial charge on any atom is 0.243 e. The van der Waals surface area contributed by atoms with Crippen molar-refractivity contribution in [3.05, 3.63) is 29.8 Å². The molecule has 23 heavy (non-hydrogen) atoms. The molecular weight excluding hydrogens is 324 g/mol. The third-order valence-electron chi connectivity index (χ3n) is 4.09. The van der Waals surface area contributed by atoms with Gasteiger partial charge in [0.2, 0.25) is 10.0 Å². The van der Waals surface area contributed by atoms with Crippen LogP contribution >= 0.6 is 0 Å². The minimum Gasteiger partial charge on any atom is -0.299 e. The van der Waals surface area contributed by atoms with Gasteiger partial charge in [-0.2, -0.15) is 4.31 Å². The van der Waals surface area contributed by atoms with Gasteiger partial charge >= 0.3 is 0 Å². The molecule has 7 heteroatoms. The Bertz CT molecular complexity index is 703. The minimum atomic E-state index is -3.87. The first-order valence-electron chi connectivity index (χ1n) is 7.53. The van der Waals surface area contributed by atoms with Crippen LogP contribution in [0.3, 0.4) is 0 Å². The van der Waals surface area contributed by atoms with E-state index in [4.69, 9.17) is 0 Å². The lowest BCUT2D eigenvalue weighted by atomic mass is 9.79. The van der Waals surface area contributed by atoms with Gasteiger partial charge in [-0.15, -0.1) is 0 Å². The van der Waals surface area contributed by atoms with Gasteiger partial charge in [-0.1, -0.05) is 20.8 Å². The van der Waals surface area contributed by atoms with Crippen molar-refractivity contribution >= 4 is 15.8 Å². The van der Waals surface area contributed by atoms with Crippen LogP contribution < -0.4 is 0 Å². The molecule has 0 aliphatic carbocycles. The second-order valence-electron chi connectivity index (χ2n) is 6.87. The lowest BCUT2D eigenvalue weighted by Gasteiger charge is -2.33. The first-order valence-corrected chi connectivity index (χ1v) is 8.97. The number of halogens is 2. The summed E-state index contributed by atoms with van der Waals surface area (Å²) in [5.74, 6) is -2.31. The van der Waals surface area contributed by atoms with Gasteiger partial charge in [0.05, 0.1) is 4.90 Å². The highest BCUT2D eigenvalue weighted by atomic mass is 32.2. The SMILES string of the molecule is CC(C)(C)C(=O)C1CCN(S(=O)(=O)c2ccc(F)c(F)c2)CC1. The molecule has 1 saturated heterocycles. The highest BCUT2D eigenvalue weighted by molar-refractivity contribution is 7.89. The van der Waals surface area contributed by atoms with Gasteiger partial charge in [0.1, 0.15) is 5.78 Å². The highest BCUT2D eigenvalue weighted by Crippen LogP contribution is 2.30. The molecule has 0 spiro atoms. The molecule has 1 aliphatic heterocycles. The van der Waals surface area contributed by atoms with Crippen molar-refractivity contribution in [2.45, 2.75) is 38.5 Å². The average molecular weight is 345 g/mol. The van der Waals surface area contributed by atoms with Crippen LogP contribution in [0.5, 0.6) is 0 Å². The van der Waals surface area contributed by atoms with E-state index in [1.165, 1.54) is 4.31 Å². The van der Waals surface area contributed by atoms with Crippen LogP contribution in [0.25, 0.3) is 0 Å². The molecule has 1 aliphatic rings. The van der Waals surface area contributed by atoms with Gasteiger partial charge in [-0.3, -0.25) is 4.79 Å². The molecule has 2 rings (SSSR count). The molecule has 0 N–H and O–H groups in total. The number of ketones is 1. The van der Waals surface area contributed by atoms with Crippen molar-refractivity contribution in [1.82, 2.24) is 4.31 Å². The summed E-state index contributed by atoms with van der Waals surface area (Å²) in [6.45, 7) is 5.95. The van der Waals surface area contributed by atoms with Gasteiger partial charge in [-0.05, 0) is 31.0 Å². The Balaban J connectivity index is 2.12.